The Balaban J connectivity index is 1.93. The van der Waals surface area contributed by atoms with Crippen molar-refractivity contribution in [1.29, 1.82) is 0 Å². The first kappa shape index (κ1) is 17.5. The highest BCUT2D eigenvalue weighted by molar-refractivity contribution is 6.91. The summed E-state index contributed by atoms with van der Waals surface area (Å²) >= 11 is 0. The number of rotatable bonds is 6. The average molecular weight is 316 g/mol. The Morgan fingerprint density at radius 3 is 2.50 bits per heavy atom. The molecule has 0 aliphatic carbocycles. The third-order valence-corrected chi connectivity index (χ3v) is 9.44. The van der Waals surface area contributed by atoms with Crippen LogP contribution in [0.5, 0.6) is 0 Å². The zero-order chi connectivity index (χ0) is 16.2. The van der Waals surface area contributed by atoms with Crippen molar-refractivity contribution >= 4 is 13.3 Å². The number of allylic oxidation sites excluding steroid dienone is 2. The zero-order valence-electron chi connectivity index (χ0n) is 14.9. The van der Waals surface area contributed by atoms with Gasteiger partial charge in [-0.25, -0.2) is 0 Å². The van der Waals surface area contributed by atoms with Crippen molar-refractivity contribution < 1.29 is 4.74 Å². The van der Waals surface area contributed by atoms with Gasteiger partial charge in [-0.05, 0) is 38.7 Å². The molecule has 2 heteroatoms. The van der Waals surface area contributed by atoms with E-state index in [-0.39, 0.29) is 0 Å². The van der Waals surface area contributed by atoms with Crippen LogP contribution in [-0.4, -0.2) is 20.8 Å². The zero-order valence-corrected chi connectivity index (χ0v) is 15.9. The lowest BCUT2D eigenvalue weighted by Crippen LogP contribution is -2.46. The highest BCUT2D eigenvalue weighted by atomic mass is 28.3. The van der Waals surface area contributed by atoms with Crippen LogP contribution in [0.2, 0.25) is 18.6 Å². The molecule has 1 nitrogen and oxygen atoms in total. The molecule has 1 aliphatic heterocycles. The first-order valence-corrected chi connectivity index (χ1v) is 11.6. The van der Waals surface area contributed by atoms with Gasteiger partial charge in [0.25, 0.3) is 0 Å². The summed E-state index contributed by atoms with van der Waals surface area (Å²) in [6.07, 6.45) is 6.24. The summed E-state index contributed by atoms with van der Waals surface area (Å²) in [5.41, 5.74) is 2.15. The van der Waals surface area contributed by atoms with E-state index in [0.717, 1.165) is 25.0 Å². The second-order valence-corrected chi connectivity index (χ2v) is 12.3. The molecule has 121 valence electrons. The normalized spacial score (nSPS) is 22.1. The number of hydrogen-bond donors (Lipinski definition) is 0. The molecule has 0 aromatic heterocycles. The van der Waals surface area contributed by atoms with E-state index in [9.17, 15) is 0 Å². The minimum atomic E-state index is -1.43. The van der Waals surface area contributed by atoms with E-state index >= 15 is 0 Å². The van der Waals surface area contributed by atoms with Crippen molar-refractivity contribution in [3.8, 4) is 0 Å². The minimum absolute atomic E-state index is 0.381. The van der Waals surface area contributed by atoms with E-state index in [0.29, 0.717) is 6.10 Å². The van der Waals surface area contributed by atoms with Crippen LogP contribution in [-0.2, 0) is 4.74 Å². The first-order chi connectivity index (χ1) is 10.4. The molecule has 0 spiro atoms. The molecule has 1 saturated heterocycles. The van der Waals surface area contributed by atoms with Crippen LogP contribution in [0.15, 0.2) is 42.0 Å². The van der Waals surface area contributed by atoms with Gasteiger partial charge in [-0.2, -0.15) is 0 Å². The Morgan fingerprint density at radius 1 is 1.18 bits per heavy atom. The molecule has 0 unspecified atom stereocenters. The van der Waals surface area contributed by atoms with Crippen molar-refractivity contribution in [2.45, 2.75) is 64.8 Å². The Labute approximate surface area is 137 Å². The smallest absolute Gasteiger partial charge is 0.0860 e. The molecule has 1 aromatic rings. The lowest BCUT2D eigenvalue weighted by atomic mass is 9.96. The van der Waals surface area contributed by atoms with Gasteiger partial charge in [0.05, 0.1) is 14.2 Å². The van der Waals surface area contributed by atoms with Crippen molar-refractivity contribution in [2.24, 2.45) is 0 Å². The van der Waals surface area contributed by atoms with Crippen molar-refractivity contribution in [3.63, 3.8) is 0 Å². The Morgan fingerprint density at radius 2 is 1.86 bits per heavy atom. The van der Waals surface area contributed by atoms with Crippen LogP contribution >= 0.6 is 0 Å². The Hall–Kier alpha value is -0.863. The second-order valence-electron chi connectivity index (χ2n) is 7.51. The van der Waals surface area contributed by atoms with Gasteiger partial charge < -0.3 is 4.74 Å². The average Bonchev–Trinajstić information content (AvgIpc) is 2.98. The number of benzene rings is 1. The summed E-state index contributed by atoms with van der Waals surface area (Å²) in [6, 6.07) is 11.1. The van der Waals surface area contributed by atoms with E-state index in [1.54, 1.807) is 5.19 Å². The lowest BCUT2D eigenvalue weighted by molar-refractivity contribution is 0.118. The highest BCUT2D eigenvalue weighted by Gasteiger charge is 2.40. The molecule has 0 N–H and O–H groups in total. The Bertz CT molecular complexity index is 488. The van der Waals surface area contributed by atoms with Gasteiger partial charge in [-0.15, -0.1) is 0 Å². The third-order valence-electron chi connectivity index (χ3n) is 5.18. The molecule has 0 saturated carbocycles. The van der Waals surface area contributed by atoms with E-state index in [2.05, 4.69) is 70.3 Å². The second kappa shape index (κ2) is 7.61. The van der Waals surface area contributed by atoms with Crippen molar-refractivity contribution in [1.82, 2.24) is 0 Å². The van der Waals surface area contributed by atoms with Crippen molar-refractivity contribution in [3.05, 3.63) is 47.9 Å². The molecule has 1 heterocycles. The van der Waals surface area contributed by atoms with Crippen LogP contribution in [0, 0.1) is 5.92 Å². The SMILES string of the molecule is C[C](CCC=C(C)C)[C@@H]1C[C@H]([Si](C)(C)c2ccccc2)CO1. The van der Waals surface area contributed by atoms with Crippen LogP contribution in [0.25, 0.3) is 0 Å². The maximum Gasteiger partial charge on any atom is 0.0860 e. The predicted molar refractivity (Wildman–Crippen MR) is 99.2 cm³/mol. The van der Waals surface area contributed by atoms with Crippen LogP contribution in [0.3, 0.4) is 0 Å². The van der Waals surface area contributed by atoms with Gasteiger partial charge >= 0.3 is 0 Å². The topological polar surface area (TPSA) is 9.23 Å². The van der Waals surface area contributed by atoms with Gasteiger partial charge in [-0.3, -0.25) is 0 Å². The van der Waals surface area contributed by atoms with Gasteiger partial charge in [0.15, 0.2) is 0 Å². The summed E-state index contributed by atoms with van der Waals surface area (Å²) in [6.45, 7) is 12.6. The summed E-state index contributed by atoms with van der Waals surface area (Å²) in [4.78, 5) is 0. The molecular formula is C20H31OSi. The largest absolute Gasteiger partial charge is 0.378 e. The van der Waals surface area contributed by atoms with E-state index < -0.39 is 8.07 Å². The first-order valence-electron chi connectivity index (χ1n) is 8.54. The van der Waals surface area contributed by atoms with E-state index in [1.165, 1.54) is 17.9 Å². The number of ether oxygens (including phenoxy) is 1. The fourth-order valence-electron chi connectivity index (χ4n) is 3.33. The standard InChI is InChI=1S/C20H31OSi/c1-16(2)10-9-11-17(3)20-14-19(15-21-20)22(4,5)18-12-7-6-8-13-18/h6-8,10,12-13,19-20H,9,11,14-15H2,1-5H3/t19-,20-/m0/s1. The van der Waals surface area contributed by atoms with Crippen molar-refractivity contribution in [2.75, 3.05) is 6.61 Å². The predicted octanol–water partition coefficient (Wildman–Crippen LogP) is 5.10. The minimum Gasteiger partial charge on any atom is -0.378 e. The number of hydrogen-bond acceptors (Lipinski definition) is 1. The molecule has 1 radical (unpaired) electrons. The molecular weight excluding hydrogens is 284 g/mol. The van der Waals surface area contributed by atoms with Crippen LogP contribution in [0.4, 0.5) is 0 Å². The molecule has 0 amide bonds. The monoisotopic (exact) mass is 315 g/mol. The summed E-state index contributed by atoms with van der Waals surface area (Å²) < 4.78 is 6.17. The molecule has 2 rings (SSSR count). The summed E-state index contributed by atoms with van der Waals surface area (Å²) in [5.74, 6) is 1.53. The quantitative estimate of drug-likeness (QED) is 0.524. The molecule has 1 aliphatic rings. The van der Waals surface area contributed by atoms with Crippen LogP contribution < -0.4 is 5.19 Å². The fourth-order valence-corrected chi connectivity index (χ4v) is 6.17. The van der Waals surface area contributed by atoms with E-state index in [4.69, 9.17) is 4.74 Å². The molecule has 1 aromatic carbocycles. The highest BCUT2D eigenvalue weighted by Crippen LogP contribution is 2.38. The van der Waals surface area contributed by atoms with Crippen LogP contribution in [0.1, 0.15) is 40.0 Å². The van der Waals surface area contributed by atoms with Gasteiger partial charge in [0, 0.05) is 12.5 Å². The van der Waals surface area contributed by atoms with Gasteiger partial charge in [0.2, 0.25) is 0 Å². The molecule has 2 atom stereocenters. The van der Waals surface area contributed by atoms with E-state index in [1.807, 2.05) is 0 Å². The Kier molecular flexibility index (Phi) is 6.05. The summed E-state index contributed by atoms with van der Waals surface area (Å²) in [5, 5.41) is 1.56. The molecule has 22 heavy (non-hydrogen) atoms. The molecule has 1 fully saturated rings. The molecule has 0 bridgehead atoms. The lowest BCUT2D eigenvalue weighted by Gasteiger charge is -2.29. The fraction of sp³-hybridized carbons (Fsp3) is 0.550. The van der Waals surface area contributed by atoms with Gasteiger partial charge in [-0.1, -0.05) is 67.2 Å². The van der Waals surface area contributed by atoms with Gasteiger partial charge in [0.1, 0.15) is 0 Å². The summed E-state index contributed by atoms with van der Waals surface area (Å²) in [7, 11) is -1.43. The maximum absolute atomic E-state index is 6.17. The third kappa shape index (κ3) is 4.33. The maximum atomic E-state index is 6.17.